The molecule has 2 aliphatic heterocycles. The van der Waals surface area contributed by atoms with Crippen molar-refractivity contribution in [3.8, 4) is 0 Å². The van der Waals surface area contributed by atoms with Crippen molar-refractivity contribution >= 4 is 29.1 Å². The van der Waals surface area contributed by atoms with Crippen LogP contribution in [-0.4, -0.2) is 52.8 Å². The zero-order chi connectivity index (χ0) is 20.6. The van der Waals surface area contributed by atoms with Crippen LogP contribution >= 0.6 is 11.6 Å². The zero-order valence-corrected chi connectivity index (χ0v) is 17.6. The van der Waals surface area contributed by atoms with Gasteiger partial charge in [-0.1, -0.05) is 41.9 Å². The number of benzene rings is 2. The molecule has 2 fully saturated rings. The molecular formula is C23H26ClN3O2. The summed E-state index contributed by atoms with van der Waals surface area (Å²) in [5, 5.41) is 0.659. The average molecular weight is 412 g/mol. The Morgan fingerprint density at radius 2 is 1.72 bits per heavy atom. The minimum Gasteiger partial charge on any atom is -0.369 e. The molecule has 1 unspecified atom stereocenters. The first-order valence-electron chi connectivity index (χ1n) is 10.1. The molecule has 29 heavy (non-hydrogen) atoms. The maximum Gasteiger partial charge on any atom is 0.251 e. The van der Waals surface area contributed by atoms with E-state index in [9.17, 15) is 9.59 Å². The second-order valence-electron chi connectivity index (χ2n) is 8.17. The number of anilines is 1. The predicted octanol–water partition coefficient (Wildman–Crippen LogP) is 3.57. The molecule has 152 valence electrons. The minimum absolute atomic E-state index is 0.00293. The molecule has 2 aromatic rings. The summed E-state index contributed by atoms with van der Waals surface area (Å²) in [5.41, 5.74) is 1.22. The van der Waals surface area contributed by atoms with Gasteiger partial charge in [-0.25, -0.2) is 0 Å². The van der Waals surface area contributed by atoms with Crippen molar-refractivity contribution < 1.29 is 9.59 Å². The number of hydrogen-bond acceptors (Lipinski definition) is 3. The molecule has 2 aliphatic rings. The molecule has 2 saturated heterocycles. The Morgan fingerprint density at radius 1 is 1.03 bits per heavy atom. The first-order chi connectivity index (χ1) is 13.9. The first-order valence-corrected chi connectivity index (χ1v) is 10.4. The van der Waals surface area contributed by atoms with Crippen LogP contribution in [0.5, 0.6) is 0 Å². The third kappa shape index (κ3) is 3.60. The van der Waals surface area contributed by atoms with Crippen molar-refractivity contribution in [2.24, 2.45) is 0 Å². The molecule has 0 bridgehead atoms. The van der Waals surface area contributed by atoms with E-state index in [1.807, 2.05) is 56.3 Å². The second-order valence-corrected chi connectivity index (χ2v) is 8.61. The smallest absolute Gasteiger partial charge is 0.251 e. The lowest BCUT2D eigenvalue weighted by Crippen LogP contribution is -2.69. The molecule has 0 N–H and O–H groups in total. The van der Waals surface area contributed by atoms with Gasteiger partial charge in [0.05, 0.1) is 6.54 Å². The van der Waals surface area contributed by atoms with Crippen LogP contribution in [0.25, 0.3) is 0 Å². The van der Waals surface area contributed by atoms with Gasteiger partial charge in [0.1, 0.15) is 12.1 Å². The van der Waals surface area contributed by atoms with Crippen LogP contribution in [0.4, 0.5) is 5.69 Å². The van der Waals surface area contributed by atoms with Crippen LogP contribution in [0.1, 0.15) is 25.8 Å². The van der Waals surface area contributed by atoms with Gasteiger partial charge in [0.2, 0.25) is 5.91 Å². The van der Waals surface area contributed by atoms with Crippen molar-refractivity contribution in [1.29, 1.82) is 0 Å². The Morgan fingerprint density at radius 3 is 2.38 bits per heavy atom. The Kier molecular flexibility index (Phi) is 5.26. The fourth-order valence-corrected chi connectivity index (χ4v) is 4.53. The Hall–Kier alpha value is -2.53. The number of piperazine rings is 1. The monoisotopic (exact) mass is 411 g/mol. The van der Waals surface area contributed by atoms with E-state index in [1.54, 1.807) is 9.80 Å². The van der Waals surface area contributed by atoms with E-state index in [-0.39, 0.29) is 24.4 Å². The Bertz CT molecular complexity index is 900. The van der Waals surface area contributed by atoms with Crippen LogP contribution < -0.4 is 4.90 Å². The molecule has 2 amide bonds. The quantitative estimate of drug-likeness (QED) is 0.772. The Labute approximate surface area is 176 Å². The highest BCUT2D eigenvalue weighted by Crippen LogP contribution is 2.37. The number of halogens is 1. The van der Waals surface area contributed by atoms with Crippen molar-refractivity contribution in [3.63, 3.8) is 0 Å². The van der Waals surface area contributed by atoms with E-state index in [0.29, 0.717) is 24.5 Å². The number of para-hydroxylation sites is 1. The van der Waals surface area contributed by atoms with Crippen LogP contribution in [0.3, 0.4) is 0 Å². The fraction of sp³-hybridized carbons (Fsp3) is 0.391. The number of hydrogen-bond donors (Lipinski definition) is 0. The van der Waals surface area contributed by atoms with Gasteiger partial charge in [0, 0.05) is 29.8 Å². The summed E-state index contributed by atoms with van der Waals surface area (Å²) < 4.78 is 0. The van der Waals surface area contributed by atoms with Gasteiger partial charge in [0.15, 0.2) is 0 Å². The summed E-state index contributed by atoms with van der Waals surface area (Å²) in [6.07, 6.45) is 0.628. The maximum atomic E-state index is 13.7. The lowest BCUT2D eigenvalue weighted by Gasteiger charge is -2.48. The molecule has 0 radical (unpaired) electrons. The van der Waals surface area contributed by atoms with Crippen molar-refractivity contribution in [2.75, 3.05) is 24.5 Å². The predicted molar refractivity (Wildman–Crippen MR) is 115 cm³/mol. The lowest BCUT2D eigenvalue weighted by atomic mass is 9.89. The van der Waals surface area contributed by atoms with Crippen molar-refractivity contribution in [1.82, 2.24) is 9.80 Å². The molecule has 1 atom stereocenters. The Balaban J connectivity index is 1.69. The zero-order valence-electron chi connectivity index (χ0n) is 16.8. The molecule has 6 heteroatoms. The maximum absolute atomic E-state index is 13.7. The summed E-state index contributed by atoms with van der Waals surface area (Å²) in [5.74, 6) is 0.0580. The third-order valence-corrected chi connectivity index (χ3v) is 6.28. The summed E-state index contributed by atoms with van der Waals surface area (Å²) in [4.78, 5) is 32.6. The topological polar surface area (TPSA) is 43.9 Å². The van der Waals surface area contributed by atoms with Gasteiger partial charge in [-0.3, -0.25) is 9.59 Å². The average Bonchev–Trinajstić information content (AvgIpc) is 3.16. The normalized spacial score (nSPS) is 22.3. The highest BCUT2D eigenvalue weighted by Gasteiger charge is 2.56. The molecule has 5 nitrogen and oxygen atoms in total. The van der Waals surface area contributed by atoms with Crippen LogP contribution in [0.15, 0.2) is 54.6 Å². The summed E-state index contributed by atoms with van der Waals surface area (Å²) in [6.45, 7) is 5.74. The molecule has 0 saturated carbocycles. The van der Waals surface area contributed by atoms with E-state index in [4.69, 9.17) is 11.6 Å². The standard InChI is InChI=1S/C23H26ClN3O2/c1-17(2)26-15-21(28)27(14-18-8-10-19(24)11-9-18)23(22(26)29)12-13-25(16-23)20-6-4-3-5-7-20/h3-11,17H,12-16H2,1-2H3. The van der Waals surface area contributed by atoms with E-state index >= 15 is 0 Å². The molecule has 1 spiro atoms. The molecule has 2 heterocycles. The van der Waals surface area contributed by atoms with Gasteiger partial charge < -0.3 is 14.7 Å². The van der Waals surface area contributed by atoms with E-state index in [1.165, 1.54) is 0 Å². The largest absolute Gasteiger partial charge is 0.369 e. The highest BCUT2D eigenvalue weighted by atomic mass is 35.5. The van der Waals surface area contributed by atoms with E-state index in [0.717, 1.165) is 17.8 Å². The molecule has 2 aromatic carbocycles. The number of rotatable bonds is 4. The third-order valence-electron chi connectivity index (χ3n) is 6.03. The van der Waals surface area contributed by atoms with Gasteiger partial charge in [-0.05, 0) is 50.1 Å². The van der Waals surface area contributed by atoms with E-state index < -0.39 is 5.54 Å². The summed E-state index contributed by atoms with van der Waals surface area (Å²) in [7, 11) is 0. The van der Waals surface area contributed by atoms with Crippen LogP contribution in [-0.2, 0) is 16.1 Å². The van der Waals surface area contributed by atoms with Crippen molar-refractivity contribution in [2.45, 2.75) is 38.4 Å². The highest BCUT2D eigenvalue weighted by molar-refractivity contribution is 6.30. The second kappa shape index (κ2) is 7.71. The number of amides is 2. The summed E-state index contributed by atoms with van der Waals surface area (Å²) in [6, 6.07) is 17.6. The van der Waals surface area contributed by atoms with Gasteiger partial charge >= 0.3 is 0 Å². The number of carbonyl (C=O) groups excluding carboxylic acids is 2. The molecular weight excluding hydrogens is 386 g/mol. The minimum atomic E-state index is -0.838. The summed E-state index contributed by atoms with van der Waals surface area (Å²) >= 11 is 6.02. The van der Waals surface area contributed by atoms with Gasteiger partial charge in [-0.15, -0.1) is 0 Å². The number of carbonyl (C=O) groups is 2. The van der Waals surface area contributed by atoms with Crippen LogP contribution in [0.2, 0.25) is 5.02 Å². The van der Waals surface area contributed by atoms with E-state index in [2.05, 4.69) is 17.0 Å². The van der Waals surface area contributed by atoms with Gasteiger partial charge in [-0.2, -0.15) is 0 Å². The lowest BCUT2D eigenvalue weighted by molar-refractivity contribution is -0.166. The SMILES string of the molecule is CC(C)N1CC(=O)N(Cc2ccc(Cl)cc2)C2(CCN(c3ccccc3)C2)C1=O. The van der Waals surface area contributed by atoms with Crippen molar-refractivity contribution in [3.05, 3.63) is 65.2 Å². The first kappa shape index (κ1) is 19.8. The molecule has 0 aromatic heterocycles. The van der Waals surface area contributed by atoms with Gasteiger partial charge in [0.25, 0.3) is 5.91 Å². The molecule has 4 rings (SSSR count). The number of nitrogens with zero attached hydrogens (tertiary/aromatic N) is 3. The fourth-order valence-electron chi connectivity index (χ4n) is 4.40. The molecule has 0 aliphatic carbocycles. The van der Waals surface area contributed by atoms with Crippen LogP contribution in [0, 0.1) is 0 Å².